The Morgan fingerprint density at radius 2 is 1.97 bits per heavy atom. The number of benzene rings is 1. The van der Waals surface area contributed by atoms with Gasteiger partial charge < -0.3 is 15.0 Å². The lowest BCUT2D eigenvalue weighted by Gasteiger charge is -2.31. The first kappa shape index (κ1) is 21.3. The fourth-order valence-corrected chi connectivity index (χ4v) is 4.60. The number of hydrogen-bond donors (Lipinski definition) is 1. The van der Waals surface area contributed by atoms with Gasteiger partial charge in [0.2, 0.25) is 5.91 Å². The van der Waals surface area contributed by atoms with E-state index in [2.05, 4.69) is 39.3 Å². The van der Waals surface area contributed by atoms with Gasteiger partial charge in [-0.2, -0.15) is 0 Å². The number of aryl methyl sites for hydroxylation is 1. The molecular formula is C25H28N6O2. The van der Waals surface area contributed by atoms with E-state index in [0.717, 1.165) is 50.2 Å². The predicted molar refractivity (Wildman–Crippen MR) is 124 cm³/mol. The fourth-order valence-electron chi connectivity index (χ4n) is 4.60. The van der Waals surface area contributed by atoms with Gasteiger partial charge >= 0.3 is 0 Å². The number of piperidine rings is 1. The monoisotopic (exact) mass is 444 g/mol. The molecule has 3 aromatic rings. The zero-order valence-electron chi connectivity index (χ0n) is 18.8. The highest BCUT2D eigenvalue weighted by atomic mass is 16.5. The lowest BCUT2D eigenvalue weighted by Crippen LogP contribution is -2.38. The van der Waals surface area contributed by atoms with Gasteiger partial charge in [-0.15, -0.1) is 0 Å². The van der Waals surface area contributed by atoms with Crippen molar-refractivity contribution in [1.29, 1.82) is 0 Å². The molecule has 2 aliphatic rings. The van der Waals surface area contributed by atoms with Crippen molar-refractivity contribution in [3.8, 4) is 5.75 Å². The van der Waals surface area contributed by atoms with Gasteiger partial charge in [0.1, 0.15) is 23.5 Å². The molecule has 1 aromatic carbocycles. The molecule has 0 spiro atoms. The number of aromatic nitrogens is 4. The van der Waals surface area contributed by atoms with Crippen LogP contribution in [0.1, 0.15) is 48.9 Å². The molecule has 33 heavy (non-hydrogen) atoms. The van der Waals surface area contributed by atoms with Crippen molar-refractivity contribution in [2.75, 3.05) is 18.4 Å². The summed E-state index contributed by atoms with van der Waals surface area (Å²) in [6.45, 7) is 3.59. The van der Waals surface area contributed by atoms with Crippen LogP contribution in [-0.2, 0) is 17.6 Å². The summed E-state index contributed by atoms with van der Waals surface area (Å²) >= 11 is 0. The van der Waals surface area contributed by atoms with E-state index >= 15 is 0 Å². The highest BCUT2D eigenvalue weighted by Crippen LogP contribution is 2.30. The summed E-state index contributed by atoms with van der Waals surface area (Å²) in [5.41, 5.74) is 3.41. The van der Waals surface area contributed by atoms with Crippen LogP contribution in [0.25, 0.3) is 0 Å². The van der Waals surface area contributed by atoms with Crippen LogP contribution in [0.15, 0.2) is 49.2 Å². The molecule has 4 heterocycles. The lowest BCUT2D eigenvalue weighted by atomic mass is 9.93. The van der Waals surface area contributed by atoms with Gasteiger partial charge in [-0.25, -0.2) is 9.97 Å². The van der Waals surface area contributed by atoms with E-state index in [1.165, 1.54) is 11.1 Å². The molecule has 1 amide bonds. The summed E-state index contributed by atoms with van der Waals surface area (Å²) in [5, 5.41) is 3.14. The number of carbonyl (C=O) groups excluding carboxylic acids is 1. The Morgan fingerprint density at radius 3 is 2.79 bits per heavy atom. The van der Waals surface area contributed by atoms with Gasteiger partial charge in [0.25, 0.3) is 0 Å². The number of nitrogens with zero attached hydrogens (tertiary/aromatic N) is 5. The van der Waals surface area contributed by atoms with Gasteiger partial charge in [-0.1, -0.05) is 12.1 Å². The van der Waals surface area contributed by atoms with E-state index in [1.807, 2.05) is 17.2 Å². The topological polar surface area (TPSA) is 93.1 Å². The predicted octanol–water partition coefficient (Wildman–Crippen LogP) is 3.67. The van der Waals surface area contributed by atoms with Crippen molar-refractivity contribution >= 4 is 17.5 Å². The molecule has 1 atom stereocenters. The van der Waals surface area contributed by atoms with Gasteiger partial charge in [0.05, 0.1) is 18.1 Å². The molecule has 1 fully saturated rings. The van der Waals surface area contributed by atoms with Crippen molar-refractivity contribution in [2.45, 2.75) is 51.0 Å². The van der Waals surface area contributed by atoms with Crippen molar-refractivity contribution in [3.05, 3.63) is 66.0 Å². The molecule has 0 bridgehead atoms. The van der Waals surface area contributed by atoms with Crippen LogP contribution in [0.4, 0.5) is 11.6 Å². The lowest BCUT2D eigenvalue weighted by molar-refractivity contribution is -0.132. The van der Waals surface area contributed by atoms with E-state index < -0.39 is 0 Å². The molecule has 1 N–H and O–H groups in total. The third-order valence-corrected chi connectivity index (χ3v) is 6.33. The number of fused-ring (bicyclic) bond motifs is 1. The van der Waals surface area contributed by atoms with Crippen LogP contribution < -0.4 is 10.1 Å². The molecule has 0 saturated carbocycles. The van der Waals surface area contributed by atoms with E-state index in [9.17, 15) is 4.79 Å². The van der Waals surface area contributed by atoms with Crippen LogP contribution in [0.2, 0.25) is 0 Å². The number of ether oxygens (including phenoxy) is 1. The minimum Gasteiger partial charge on any atom is -0.490 e. The number of nitrogens with one attached hydrogen (secondary N) is 1. The standard InChI is InChI=1S/C25H28N6O2/c1-17-12-20-13-18(2-4-22(20)33-17)3-5-25(32)31-10-6-19(7-11-31)21-14-27-16-24(29-21)30-23-15-26-8-9-28-23/h2,4,8-9,13-17,19H,3,5-7,10-12H2,1H3,(H,28,29,30)/t17-/m0/s1. The Morgan fingerprint density at radius 1 is 1.12 bits per heavy atom. The fraction of sp³-hybridized carbons (Fsp3) is 0.400. The first-order valence-corrected chi connectivity index (χ1v) is 11.6. The maximum Gasteiger partial charge on any atom is 0.222 e. The molecular weight excluding hydrogens is 416 g/mol. The van der Waals surface area contributed by atoms with Crippen LogP contribution in [0, 0.1) is 0 Å². The SMILES string of the molecule is C[C@H]1Cc2cc(CCC(=O)N3CCC(c4cncc(Nc5cnccn5)n4)CC3)ccc2O1. The van der Waals surface area contributed by atoms with E-state index in [0.29, 0.717) is 24.0 Å². The summed E-state index contributed by atoms with van der Waals surface area (Å²) in [4.78, 5) is 32.1. The molecule has 0 aliphatic carbocycles. The Bertz CT molecular complexity index is 1110. The Labute approximate surface area is 193 Å². The molecule has 2 aliphatic heterocycles. The summed E-state index contributed by atoms with van der Waals surface area (Å²) in [6.07, 6.45) is 12.7. The normalized spacial score (nSPS) is 18.0. The van der Waals surface area contributed by atoms with Crippen molar-refractivity contribution in [2.24, 2.45) is 0 Å². The van der Waals surface area contributed by atoms with Crippen molar-refractivity contribution in [1.82, 2.24) is 24.8 Å². The smallest absolute Gasteiger partial charge is 0.222 e. The van der Waals surface area contributed by atoms with Crippen molar-refractivity contribution in [3.63, 3.8) is 0 Å². The molecule has 0 unspecified atom stereocenters. The van der Waals surface area contributed by atoms with Gasteiger partial charge in [0.15, 0.2) is 0 Å². The molecule has 8 nitrogen and oxygen atoms in total. The number of likely N-dealkylation sites (tertiary alicyclic amines) is 1. The highest BCUT2D eigenvalue weighted by molar-refractivity contribution is 5.76. The molecule has 1 saturated heterocycles. The van der Waals surface area contributed by atoms with Gasteiger partial charge in [0, 0.05) is 50.4 Å². The maximum absolute atomic E-state index is 12.8. The number of hydrogen-bond acceptors (Lipinski definition) is 7. The van der Waals surface area contributed by atoms with Crippen molar-refractivity contribution < 1.29 is 9.53 Å². The van der Waals surface area contributed by atoms with Gasteiger partial charge in [-0.3, -0.25) is 14.8 Å². The minimum atomic E-state index is 0.225. The zero-order valence-corrected chi connectivity index (χ0v) is 18.8. The van der Waals surface area contributed by atoms with Gasteiger partial charge in [-0.05, 0) is 43.4 Å². The van der Waals surface area contributed by atoms with Crippen LogP contribution in [0.5, 0.6) is 5.75 Å². The zero-order chi connectivity index (χ0) is 22.6. The molecule has 2 aromatic heterocycles. The van der Waals surface area contributed by atoms with E-state index in [4.69, 9.17) is 9.72 Å². The minimum absolute atomic E-state index is 0.225. The first-order valence-electron chi connectivity index (χ1n) is 11.6. The third-order valence-electron chi connectivity index (χ3n) is 6.33. The number of anilines is 2. The highest BCUT2D eigenvalue weighted by Gasteiger charge is 2.25. The molecule has 5 rings (SSSR count). The second-order valence-electron chi connectivity index (χ2n) is 8.77. The number of amides is 1. The summed E-state index contributed by atoms with van der Waals surface area (Å²) in [6, 6.07) is 6.31. The third kappa shape index (κ3) is 5.10. The summed E-state index contributed by atoms with van der Waals surface area (Å²) < 4.78 is 5.77. The Balaban J connectivity index is 1.12. The summed E-state index contributed by atoms with van der Waals surface area (Å²) in [7, 11) is 0. The summed E-state index contributed by atoms with van der Waals surface area (Å²) in [5.74, 6) is 2.79. The van der Waals surface area contributed by atoms with Crippen LogP contribution in [-0.4, -0.2) is 49.9 Å². The van der Waals surface area contributed by atoms with E-state index in [1.54, 1.807) is 24.8 Å². The molecule has 170 valence electrons. The largest absolute Gasteiger partial charge is 0.490 e. The maximum atomic E-state index is 12.8. The van der Waals surface area contributed by atoms with E-state index in [-0.39, 0.29) is 12.0 Å². The molecule has 0 radical (unpaired) electrons. The number of rotatable bonds is 6. The Kier molecular flexibility index (Phi) is 6.15. The Hall–Kier alpha value is -3.55. The second kappa shape index (κ2) is 9.52. The van der Waals surface area contributed by atoms with Crippen LogP contribution in [0.3, 0.4) is 0 Å². The molecule has 8 heteroatoms. The first-order chi connectivity index (χ1) is 16.1. The average molecular weight is 445 g/mol. The van der Waals surface area contributed by atoms with Crippen LogP contribution >= 0.6 is 0 Å². The average Bonchev–Trinajstić information content (AvgIpc) is 3.23. The second-order valence-corrected chi connectivity index (χ2v) is 8.77. The number of carbonyl (C=O) groups is 1. The quantitative estimate of drug-likeness (QED) is 0.620.